The summed E-state index contributed by atoms with van der Waals surface area (Å²) in [6.07, 6.45) is -0.271. The quantitative estimate of drug-likeness (QED) is 0.611. The molecule has 0 amide bonds. The summed E-state index contributed by atoms with van der Waals surface area (Å²) in [6.45, 7) is 4.20. The maximum absolute atomic E-state index is 8.73. The molecule has 2 rings (SSSR count). The molecule has 5 atom stereocenters. The van der Waals surface area contributed by atoms with Crippen molar-refractivity contribution in [3.8, 4) is 0 Å². The lowest BCUT2D eigenvalue weighted by Crippen LogP contribution is -2.39. The molecular formula is C9H16O5. The Bertz CT molecular complexity index is 198. The molecule has 2 fully saturated rings. The summed E-state index contributed by atoms with van der Waals surface area (Å²) in [7, 11) is 0. The smallest absolute Gasteiger partial charge is 0.192 e. The van der Waals surface area contributed by atoms with E-state index in [4.69, 9.17) is 24.1 Å². The van der Waals surface area contributed by atoms with Crippen LogP contribution in [0.15, 0.2) is 0 Å². The summed E-state index contributed by atoms with van der Waals surface area (Å²) >= 11 is 0. The van der Waals surface area contributed by atoms with Crippen molar-refractivity contribution in [3.05, 3.63) is 0 Å². The van der Waals surface area contributed by atoms with Gasteiger partial charge >= 0.3 is 0 Å². The molecule has 0 aliphatic carbocycles. The fourth-order valence-corrected chi connectivity index (χ4v) is 1.26. The molecule has 0 saturated carbocycles. The summed E-state index contributed by atoms with van der Waals surface area (Å²) in [5.41, 5.74) is 0. The van der Waals surface area contributed by atoms with Crippen molar-refractivity contribution >= 4 is 0 Å². The van der Waals surface area contributed by atoms with Gasteiger partial charge in [-0.1, -0.05) is 0 Å². The van der Waals surface area contributed by atoms with E-state index in [2.05, 4.69) is 0 Å². The monoisotopic (exact) mass is 204 g/mol. The molecule has 14 heavy (non-hydrogen) atoms. The van der Waals surface area contributed by atoms with Gasteiger partial charge in [-0.2, -0.15) is 0 Å². The number of fused-ring (bicyclic) bond motifs is 1. The minimum Gasteiger partial charge on any atom is -0.394 e. The van der Waals surface area contributed by atoms with Gasteiger partial charge in [-0.3, -0.25) is 0 Å². The van der Waals surface area contributed by atoms with E-state index in [0.29, 0.717) is 6.61 Å². The molecule has 0 spiro atoms. The predicted molar refractivity (Wildman–Crippen MR) is 46.6 cm³/mol. The Labute approximate surface area is 82.9 Å². The summed E-state index contributed by atoms with van der Waals surface area (Å²) < 4.78 is 21.0. The lowest BCUT2D eigenvalue weighted by atomic mass is 10.3. The first-order valence-corrected chi connectivity index (χ1v) is 4.89. The average molecular weight is 204 g/mol. The molecule has 2 heterocycles. The fourth-order valence-electron chi connectivity index (χ4n) is 1.26. The highest BCUT2D eigenvalue weighted by atomic mass is 16.9. The van der Waals surface area contributed by atoms with Gasteiger partial charge in [-0.05, 0) is 13.8 Å². The normalized spacial score (nSPS) is 38.4. The Morgan fingerprint density at radius 1 is 1.29 bits per heavy atom. The second-order valence-electron chi connectivity index (χ2n) is 3.75. The number of rotatable bonds is 6. The van der Waals surface area contributed by atoms with Crippen molar-refractivity contribution in [3.63, 3.8) is 0 Å². The second kappa shape index (κ2) is 4.12. The maximum Gasteiger partial charge on any atom is 0.192 e. The van der Waals surface area contributed by atoms with Crippen molar-refractivity contribution in [2.45, 2.75) is 44.7 Å². The molecule has 5 heteroatoms. The van der Waals surface area contributed by atoms with Gasteiger partial charge in [-0.15, -0.1) is 0 Å². The highest BCUT2D eigenvalue weighted by Gasteiger charge is 2.59. The molecule has 82 valence electrons. The van der Waals surface area contributed by atoms with Crippen molar-refractivity contribution < 1.29 is 24.1 Å². The second-order valence-corrected chi connectivity index (χ2v) is 3.75. The van der Waals surface area contributed by atoms with Crippen LogP contribution in [0.4, 0.5) is 0 Å². The molecule has 5 nitrogen and oxygen atoms in total. The first-order valence-electron chi connectivity index (χ1n) is 4.89. The number of hydrogen-bond donors (Lipinski definition) is 1. The number of epoxide rings is 1. The topological polar surface area (TPSA) is 60.5 Å². The Morgan fingerprint density at radius 3 is 2.57 bits per heavy atom. The van der Waals surface area contributed by atoms with Crippen LogP contribution in [0.2, 0.25) is 0 Å². The molecular weight excluding hydrogens is 188 g/mol. The first-order chi connectivity index (χ1) is 6.70. The van der Waals surface area contributed by atoms with Crippen molar-refractivity contribution in [1.82, 2.24) is 0 Å². The lowest BCUT2D eigenvalue weighted by molar-refractivity contribution is -0.229. The Morgan fingerprint density at radius 2 is 2.07 bits per heavy atom. The zero-order chi connectivity index (χ0) is 10.1. The minimum atomic E-state index is -0.219. The maximum atomic E-state index is 8.73. The van der Waals surface area contributed by atoms with Crippen LogP contribution in [-0.4, -0.2) is 49.2 Å². The van der Waals surface area contributed by atoms with E-state index in [-0.39, 0.29) is 37.5 Å². The predicted octanol–water partition coefficient (Wildman–Crippen LogP) is -0.130. The van der Waals surface area contributed by atoms with Crippen LogP contribution in [0.5, 0.6) is 0 Å². The molecule has 2 aliphatic heterocycles. The van der Waals surface area contributed by atoms with Gasteiger partial charge in [0.2, 0.25) is 0 Å². The van der Waals surface area contributed by atoms with Crippen LogP contribution in [0, 0.1) is 0 Å². The Kier molecular flexibility index (Phi) is 3.04. The molecule has 2 saturated heterocycles. The average Bonchev–Trinajstić information content (AvgIpc) is 2.82. The van der Waals surface area contributed by atoms with E-state index in [9.17, 15) is 0 Å². The minimum absolute atomic E-state index is 0.00974. The van der Waals surface area contributed by atoms with E-state index >= 15 is 0 Å². The van der Waals surface area contributed by atoms with Gasteiger partial charge in [0, 0.05) is 0 Å². The zero-order valence-corrected chi connectivity index (χ0v) is 8.38. The van der Waals surface area contributed by atoms with Gasteiger partial charge < -0.3 is 24.1 Å². The van der Waals surface area contributed by atoms with Crippen LogP contribution in [-0.2, 0) is 18.9 Å². The highest BCUT2D eigenvalue weighted by molar-refractivity contribution is 4.90. The van der Waals surface area contributed by atoms with E-state index in [0.717, 1.165) is 0 Å². The van der Waals surface area contributed by atoms with Crippen LogP contribution in [0.25, 0.3) is 0 Å². The third kappa shape index (κ3) is 2.24. The number of ether oxygens (including phenoxy) is 4. The SMILES string of the molecule is CC(CO)OCC(C)OC1OC2OC12. The van der Waals surface area contributed by atoms with Crippen molar-refractivity contribution in [2.75, 3.05) is 13.2 Å². The van der Waals surface area contributed by atoms with Gasteiger partial charge in [0.1, 0.15) is 0 Å². The first kappa shape index (κ1) is 10.3. The lowest BCUT2D eigenvalue weighted by Gasteiger charge is -2.25. The van der Waals surface area contributed by atoms with Crippen LogP contribution in [0.1, 0.15) is 13.8 Å². The van der Waals surface area contributed by atoms with E-state index in [1.165, 1.54) is 0 Å². The molecule has 0 aromatic rings. The summed E-state index contributed by atoms with van der Waals surface area (Å²) in [5.74, 6) is 0. The summed E-state index contributed by atoms with van der Waals surface area (Å²) in [6, 6.07) is 0. The molecule has 0 radical (unpaired) electrons. The largest absolute Gasteiger partial charge is 0.394 e. The fraction of sp³-hybridized carbons (Fsp3) is 1.00. The molecule has 1 N–H and O–H groups in total. The molecule has 0 aromatic carbocycles. The van der Waals surface area contributed by atoms with Crippen LogP contribution < -0.4 is 0 Å². The van der Waals surface area contributed by atoms with E-state index in [1.807, 2.05) is 13.8 Å². The zero-order valence-electron chi connectivity index (χ0n) is 8.38. The van der Waals surface area contributed by atoms with Gasteiger partial charge in [0.15, 0.2) is 18.7 Å². The summed E-state index contributed by atoms with van der Waals surface area (Å²) in [5, 5.41) is 8.73. The van der Waals surface area contributed by atoms with E-state index < -0.39 is 0 Å². The number of hydrogen-bond acceptors (Lipinski definition) is 5. The van der Waals surface area contributed by atoms with Gasteiger partial charge in [-0.25, -0.2) is 0 Å². The van der Waals surface area contributed by atoms with Gasteiger partial charge in [0.05, 0.1) is 25.4 Å². The van der Waals surface area contributed by atoms with E-state index in [1.54, 1.807) is 0 Å². The molecule has 5 unspecified atom stereocenters. The third-order valence-corrected chi connectivity index (χ3v) is 2.26. The van der Waals surface area contributed by atoms with Crippen LogP contribution >= 0.6 is 0 Å². The van der Waals surface area contributed by atoms with Gasteiger partial charge in [0.25, 0.3) is 0 Å². The van der Waals surface area contributed by atoms with Crippen molar-refractivity contribution in [2.24, 2.45) is 0 Å². The molecule has 0 aromatic heterocycles. The highest BCUT2D eigenvalue weighted by Crippen LogP contribution is 2.40. The Balaban J connectivity index is 1.56. The summed E-state index contributed by atoms with van der Waals surface area (Å²) in [4.78, 5) is 0. The molecule has 2 aliphatic rings. The van der Waals surface area contributed by atoms with Crippen LogP contribution in [0.3, 0.4) is 0 Å². The molecule has 0 bridgehead atoms. The van der Waals surface area contributed by atoms with Crippen molar-refractivity contribution in [1.29, 1.82) is 0 Å². The number of aliphatic hydroxyl groups excluding tert-OH is 1. The standard InChI is InChI=1S/C9H16O5/c1-5(3-10)11-4-6(2)12-8-7-9(13-7)14-8/h5-10H,3-4H2,1-2H3. The number of aliphatic hydroxyl groups is 1. The Hall–Kier alpha value is -0.200. The third-order valence-electron chi connectivity index (χ3n) is 2.26.